The van der Waals surface area contributed by atoms with Gasteiger partial charge in [-0.3, -0.25) is 0 Å². The Hall–Kier alpha value is -3.52. The standard InChI is InChI=1S/C21H18N2O3/c1-3-25-21(24)20-19(16(13-22)14-23(20)2)15-9-11-18(12-10-15)26-17-7-5-4-6-8-17/h4-12,14H,3H2,1-2H3. The van der Waals surface area contributed by atoms with Crippen LogP contribution >= 0.6 is 0 Å². The van der Waals surface area contributed by atoms with E-state index in [0.717, 1.165) is 11.3 Å². The summed E-state index contributed by atoms with van der Waals surface area (Å²) in [5, 5.41) is 9.44. The third kappa shape index (κ3) is 3.45. The molecule has 1 heterocycles. The van der Waals surface area contributed by atoms with E-state index in [4.69, 9.17) is 9.47 Å². The van der Waals surface area contributed by atoms with Crippen molar-refractivity contribution < 1.29 is 14.3 Å². The molecule has 5 nitrogen and oxygen atoms in total. The number of esters is 1. The molecule has 3 rings (SSSR count). The molecule has 130 valence electrons. The summed E-state index contributed by atoms with van der Waals surface area (Å²) in [5.41, 5.74) is 2.11. The summed E-state index contributed by atoms with van der Waals surface area (Å²) in [6.07, 6.45) is 1.63. The Morgan fingerprint density at radius 2 is 1.73 bits per heavy atom. The van der Waals surface area contributed by atoms with Gasteiger partial charge in [0, 0.05) is 18.8 Å². The summed E-state index contributed by atoms with van der Waals surface area (Å²) >= 11 is 0. The third-order valence-corrected chi connectivity index (χ3v) is 3.89. The van der Waals surface area contributed by atoms with Crippen LogP contribution in [-0.2, 0) is 11.8 Å². The SMILES string of the molecule is CCOC(=O)c1c(-c2ccc(Oc3ccccc3)cc2)c(C#N)cn1C. The number of aryl methyl sites for hydroxylation is 1. The zero-order chi connectivity index (χ0) is 18.5. The summed E-state index contributed by atoms with van der Waals surface area (Å²) < 4.78 is 12.5. The van der Waals surface area contributed by atoms with Gasteiger partial charge in [-0.25, -0.2) is 4.79 Å². The molecule has 0 amide bonds. The number of benzene rings is 2. The number of rotatable bonds is 5. The molecule has 0 aliphatic rings. The van der Waals surface area contributed by atoms with Crippen molar-refractivity contribution >= 4 is 5.97 Å². The van der Waals surface area contributed by atoms with Crippen molar-refractivity contribution in [1.29, 1.82) is 5.26 Å². The molecule has 0 N–H and O–H groups in total. The van der Waals surface area contributed by atoms with Gasteiger partial charge in [0.1, 0.15) is 23.3 Å². The second-order valence-corrected chi connectivity index (χ2v) is 5.65. The maximum absolute atomic E-state index is 12.3. The summed E-state index contributed by atoms with van der Waals surface area (Å²) in [4.78, 5) is 12.3. The molecule has 0 spiro atoms. The van der Waals surface area contributed by atoms with E-state index in [2.05, 4.69) is 6.07 Å². The number of hydrogen-bond donors (Lipinski definition) is 0. The highest BCUT2D eigenvalue weighted by Crippen LogP contribution is 2.31. The predicted molar refractivity (Wildman–Crippen MR) is 98.0 cm³/mol. The molecule has 26 heavy (non-hydrogen) atoms. The first-order valence-corrected chi connectivity index (χ1v) is 8.24. The van der Waals surface area contributed by atoms with Crippen LogP contribution in [-0.4, -0.2) is 17.1 Å². The number of nitriles is 1. The third-order valence-electron chi connectivity index (χ3n) is 3.89. The topological polar surface area (TPSA) is 64.2 Å². The van der Waals surface area contributed by atoms with Crippen molar-refractivity contribution in [2.45, 2.75) is 6.92 Å². The molecule has 0 aliphatic carbocycles. The molecule has 1 aromatic heterocycles. The quantitative estimate of drug-likeness (QED) is 0.637. The maximum Gasteiger partial charge on any atom is 0.355 e. The number of aromatic nitrogens is 1. The maximum atomic E-state index is 12.3. The average Bonchev–Trinajstić information content (AvgIpc) is 3.00. The summed E-state index contributed by atoms with van der Waals surface area (Å²) in [6.45, 7) is 2.02. The minimum Gasteiger partial charge on any atom is -0.461 e. The first-order valence-electron chi connectivity index (χ1n) is 8.24. The van der Waals surface area contributed by atoms with Crippen LogP contribution in [0.25, 0.3) is 11.1 Å². The second kappa shape index (κ2) is 7.58. The van der Waals surface area contributed by atoms with E-state index in [1.165, 1.54) is 0 Å². The van der Waals surface area contributed by atoms with Gasteiger partial charge < -0.3 is 14.0 Å². The summed E-state index contributed by atoms with van der Waals surface area (Å²) in [6, 6.07) is 18.9. The van der Waals surface area contributed by atoms with E-state index in [9.17, 15) is 10.1 Å². The lowest BCUT2D eigenvalue weighted by Gasteiger charge is -2.09. The minimum absolute atomic E-state index is 0.273. The van der Waals surface area contributed by atoms with Crippen molar-refractivity contribution in [3.05, 3.63) is 72.1 Å². The normalized spacial score (nSPS) is 10.2. The number of carbonyl (C=O) groups is 1. The van der Waals surface area contributed by atoms with Gasteiger partial charge in [0.25, 0.3) is 0 Å². The molecule has 0 bridgehead atoms. The molecule has 3 aromatic rings. The van der Waals surface area contributed by atoms with Crippen LogP contribution in [0.15, 0.2) is 60.8 Å². The number of carbonyl (C=O) groups excluding carboxylic acids is 1. The lowest BCUT2D eigenvalue weighted by molar-refractivity contribution is 0.0516. The van der Waals surface area contributed by atoms with E-state index in [1.807, 2.05) is 54.6 Å². The monoisotopic (exact) mass is 346 g/mol. The number of ether oxygens (including phenoxy) is 2. The predicted octanol–water partition coefficient (Wildman–Crippen LogP) is 4.53. The molecule has 0 saturated carbocycles. The molecule has 0 atom stereocenters. The van der Waals surface area contributed by atoms with Crippen molar-refractivity contribution in [1.82, 2.24) is 4.57 Å². The average molecular weight is 346 g/mol. The van der Waals surface area contributed by atoms with E-state index in [1.54, 1.807) is 24.7 Å². The van der Waals surface area contributed by atoms with Gasteiger partial charge >= 0.3 is 5.97 Å². The molecule has 0 aliphatic heterocycles. The zero-order valence-electron chi connectivity index (χ0n) is 14.6. The van der Waals surface area contributed by atoms with Crippen LogP contribution < -0.4 is 4.74 Å². The van der Waals surface area contributed by atoms with Crippen LogP contribution in [0, 0.1) is 11.3 Å². The summed E-state index contributed by atoms with van der Waals surface area (Å²) in [7, 11) is 1.73. The van der Waals surface area contributed by atoms with Gasteiger partial charge in [0.05, 0.1) is 12.2 Å². The van der Waals surface area contributed by atoms with Gasteiger partial charge in [-0.05, 0) is 36.8 Å². The van der Waals surface area contributed by atoms with Crippen molar-refractivity contribution in [3.8, 4) is 28.7 Å². The Kier molecular flexibility index (Phi) is 5.04. The number of hydrogen-bond acceptors (Lipinski definition) is 4. The van der Waals surface area contributed by atoms with Crippen LogP contribution in [0.4, 0.5) is 0 Å². The molecular formula is C21H18N2O3. The lowest BCUT2D eigenvalue weighted by atomic mass is 10.0. The van der Waals surface area contributed by atoms with Crippen LogP contribution in [0.5, 0.6) is 11.5 Å². The van der Waals surface area contributed by atoms with E-state index < -0.39 is 5.97 Å². The molecular weight excluding hydrogens is 328 g/mol. The Morgan fingerprint density at radius 1 is 1.08 bits per heavy atom. The van der Waals surface area contributed by atoms with Gasteiger partial charge in [0.2, 0.25) is 0 Å². The Labute approximate surface area is 152 Å². The smallest absolute Gasteiger partial charge is 0.355 e. The molecule has 0 unspecified atom stereocenters. The van der Waals surface area contributed by atoms with E-state index >= 15 is 0 Å². The van der Waals surface area contributed by atoms with Gasteiger partial charge in [-0.2, -0.15) is 5.26 Å². The Bertz CT molecular complexity index is 951. The minimum atomic E-state index is -0.448. The summed E-state index contributed by atoms with van der Waals surface area (Å²) in [5.74, 6) is 0.966. The van der Waals surface area contributed by atoms with Crippen LogP contribution in [0.3, 0.4) is 0 Å². The lowest BCUT2D eigenvalue weighted by Crippen LogP contribution is -2.10. The first kappa shape index (κ1) is 17.3. The fraction of sp³-hybridized carbons (Fsp3) is 0.143. The van der Waals surface area contributed by atoms with E-state index in [-0.39, 0.29) is 6.61 Å². The van der Waals surface area contributed by atoms with Crippen molar-refractivity contribution in [2.24, 2.45) is 7.05 Å². The molecule has 2 aromatic carbocycles. The largest absolute Gasteiger partial charge is 0.461 e. The highest BCUT2D eigenvalue weighted by Gasteiger charge is 2.22. The zero-order valence-corrected chi connectivity index (χ0v) is 14.6. The fourth-order valence-electron chi connectivity index (χ4n) is 2.76. The Balaban J connectivity index is 1.96. The van der Waals surface area contributed by atoms with Gasteiger partial charge in [0.15, 0.2) is 0 Å². The van der Waals surface area contributed by atoms with Gasteiger partial charge in [-0.15, -0.1) is 0 Å². The van der Waals surface area contributed by atoms with Gasteiger partial charge in [-0.1, -0.05) is 30.3 Å². The van der Waals surface area contributed by atoms with Crippen molar-refractivity contribution in [2.75, 3.05) is 6.61 Å². The van der Waals surface area contributed by atoms with Crippen molar-refractivity contribution in [3.63, 3.8) is 0 Å². The first-order chi connectivity index (χ1) is 12.6. The van der Waals surface area contributed by atoms with Crippen LogP contribution in [0.1, 0.15) is 23.0 Å². The Morgan fingerprint density at radius 3 is 2.35 bits per heavy atom. The molecule has 0 saturated heterocycles. The number of para-hydroxylation sites is 1. The highest BCUT2D eigenvalue weighted by atomic mass is 16.5. The molecule has 0 fully saturated rings. The molecule has 5 heteroatoms. The molecule has 0 radical (unpaired) electrons. The fourth-order valence-corrected chi connectivity index (χ4v) is 2.76. The van der Waals surface area contributed by atoms with Crippen LogP contribution in [0.2, 0.25) is 0 Å². The number of nitrogens with zero attached hydrogens (tertiary/aromatic N) is 2. The highest BCUT2D eigenvalue weighted by molar-refractivity contribution is 5.97. The second-order valence-electron chi connectivity index (χ2n) is 5.65. The van der Waals surface area contributed by atoms with E-state index in [0.29, 0.717) is 22.6 Å².